The van der Waals surface area contributed by atoms with Gasteiger partial charge in [-0.05, 0) is 18.1 Å². The maximum absolute atomic E-state index is 12.9. The van der Waals surface area contributed by atoms with Gasteiger partial charge < -0.3 is 20.5 Å². The van der Waals surface area contributed by atoms with E-state index in [0.29, 0.717) is 5.69 Å². The number of nitrogens with one attached hydrogen (secondary N) is 1. The van der Waals surface area contributed by atoms with Gasteiger partial charge in [-0.15, -0.1) is 8.78 Å². The molecule has 0 spiro atoms. The third kappa shape index (κ3) is 2.98. The van der Waals surface area contributed by atoms with E-state index in [1.807, 2.05) is 13.8 Å². The standard InChI is InChI=1S/C13H16F2N2O3/c1-3-7(2)11(16)12(18)17-8-4-5-9-10(6-8)20-13(14,15)19-9/h4-7,11H,3,16H2,1-2H3,(H,17,18)/t7?,11-/m0/s1. The first-order valence-corrected chi connectivity index (χ1v) is 6.28. The molecule has 0 aliphatic carbocycles. The number of ether oxygens (including phenoxy) is 2. The van der Waals surface area contributed by atoms with Crippen molar-refractivity contribution in [3.63, 3.8) is 0 Å². The van der Waals surface area contributed by atoms with Crippen LogP contribution >= 0.6 is 0 Å². The molecule has 1 aromatic carbocycles. The van der Waals surface area contributed by atoms with Crippen molar-refractivity contribution in [2.75, 3.05) is 5.32 Å². The van der Waals surface area contributed by atoms with E-state index in [0.717, 1.165) is 6.42 Å². The van der Waals surface area contributed by atoms with E-state index in [1.165, 1.54) is 18.2 Å². The van der Waals surface area contributed by atoms with Gasteiger partial charge in [0.15, 0.2) is 11.5 Å². The summed E-state index contributed by atoms with van der Waals surface area (Å²) in [5.41, 5.74) is 6.11. The van der Waals surface area contributed by atoms with E-state index in [1.54, 1.807) is 0 Å². The van der Waals surface area contributed by atoms with Crippen molar-refractivity contribution >= 4 is 11.6 Å². The zero-order chi connectivity index (χ0) is 14.9. The normalized spacial score (nSPS) is 18.4. The summed E-state index contributed by atoms with van der Waals surface area (Å²) in [6.07, 6.45) is -2.90. The molecule has 0 radical (unpaired) electrons. The Kier molecular flexibility index (Phi) is 3.80. The van der Waals surface area contributed by atoms with Crippen LogP contribution in [0, 0.1) is 5.92 Å². The molecule has 0 bridgehead atoms. The number of nitrogens with two attached hydrogens (primary N) is 1. The monoisotopic (exact) mass is 286 g/mol. The molecule has 2 rings (SSSR count). The lowest BCUT2D eigenvalue weighted by atomic mass is 9.99. The highest BCUT2D eigenvalue weighted by molar-refractivity contribution is 5.95. The number of fused-ring (bicyclic) bond motifs is 1. The number of anilines is 1. The molecule has 5 nitrogen and oxygen atoms in total. The minimum atomic E-state index is -3.67. The SMILES string of the molecule is CCC(C)[C@H](N)C(=O)Nc1ccc2c(c1)OC(F)(F)O2. The Labute approximate surface area is 115 Å². The number of hydrogen-bond donors (Lipinski definition) is 2. The number of amides is 1. The van der Waals surface area contributed by atoms with Crippen LogP contribution in [0.2, 0.25) is 0 Å². The molecule has 2 atom stereocenters. The number of rotatable bonds is 4. The molecule has 20 heavy (non-hydrogen) atoms. The zero-order valence-corrected chi connectivity index (χ0v) is 11.2. The molecule has 1 unspecified atom stereocenters. The molecule has 0 fully saturated rings. The van der Waals surface area contributed by atoms with Crippen molar-refractivity contribution in [2.45, 2.75) is 32.6 Å². The van der Waals surface area contributed by atoms with Gasteiger partial charge in [-0.2, -0.15) is 0 Å². The molecule has 0 saturated carbocycles. The second kappa shape index (κ2) is 5.24. The number of benzene rings is 1. The molecule has 1 aromatic rings. The van der Waals surface area contributed by atoms with Crippen LogP contribution in [-0.4, -0.2) is 18.2 Å². The predicted octanol–water partition coefficient (Wildman–Crippen LogP) is 2.32. The number of carbonyl (C=O) groups excluding carboxylic acids is 1. The summed E-state index contributed by atoms with van der Waals surface area (Å²) in [7, 11) is 0. The van der Waals surface area contributed by atoms with Gasteiger partial charge in [0.05, 0.1) is 6.04 Å². The number of carbonyl (C=O) groups is 1. The van der Waals surface area contributed by atoms with Crippen molar-refractivity contribution in [3.8, 4) is 11.5 Å². The van der Waals surface area contributed by atoms with Crippen LogP contribution in [0.4, 0.5) is 14.5 Å². The first-order valence-electron chi connectivity index (χ1n) is 6.28. The first-order chi connectivity index (χ1) is 9.32. The number of hydrogen-bond acceptors (Lipinski definition) is 4. The van der Waals surface area contributed by atoms with E-state index < -0.39 is 12.3 Å². The lowest BCUT2D eigenvalue weighted by molar-refractivity contribution is -0.286. The van der Waals surface area contributed by atoms with Gasteiger partial charge in [0.25, 0.3) is 0 Å². The van der Waals surface area contributed by atoms with Crippen molar-refractivity contribution in [2.24, 2.45) is 11.7 Å². The first kappa shape index (κ1) is 14.5. The van der Waals surface area contributed by atoms with Gasteiger partial charge in [-0.3, -0.25) is 4.79 Å². The molecule has 1 aliphatic heterocycles. The molecule has 1 amide bonds. The maximum atomic E-state index is 12.9. The van der Waals surface area contributed by atoms with Gasteiger partial charge in [0.1, 0.15) is 0 Å². The average Bonchev–Trinajstić information content (AvgIpc) is 2.69. The Bertz CT molecular complexity index is 522. The predicted molar refractivity (Wildman–Crippen MR) is 68.7 cm³/mol. The number of alkyl halides is 2. The van der Waals surface area contributed by atoms with Crippen LogP contribution in [0.5, 0.6) is 11.5 Å². The lowest BCUT2D eigenvalue weighted by Crippen LogP contribution is -2.40. The summed E-state index contributed by atoms with van der Waals surface area (Å²) in [5, 5.41) is 2.57. The van der Waals surface area contributed by atoms with Gasteiger partial charge >= 0.3 is 6.29 Å². The Hall–Kier alpha value is -1.89. The minimum Gasteiger partial charge on any atom is -0.395 e. The summed E-state index contributed by atoms with van der Waals surface area (Å²) < 4.78 is 34.3. The maximum Gasteiger partial charge on any atom is 0.586 e. The largest absolute Gasteiger partial charge is 0.586 e. The highest BCUT2D eigenvalue weighted by Crippen LogP contribution is 2.42. The summed E-state index contributed by atoms with van der Waals surface area (Å²) in [5.74, 6) is -0.539. The fourth-order valence-electron chi connectivity index (χ4n) is 1.76. The molecule has 7 heteroatoms. The molecular formula is C13H16F2N2O3. The average molecular weight is 286 g/mol. The van der Waals surface area contributed by atoms with Crippen molar-refractivity contribution in [1.82, 2.24) is 0 Å². The summed E-state index contributed by atoms with van der Waals surface area (Å²) in [6.45, 7) is 3.80. The smallest absolute Gasteiger partial charge is 0.395 e. The molecule has 1 aliphatic rings. The van der Waals surface area contributed by atoms with Crippen LogP contribution in [0.15, 0.2) is 18.2 Å². The van der Waals surface area contributed by atoms with E-state index in [2.05, 4.69) is 14.8 Å². The fourth-order valence-corrected chi connectivity index (χ4v) is 1.76. The molecular weight excluding hydrogens is 270 g/mol. The van der Waals surface area contributed by atoms with Gasteiger partial charge in [0, 0.05) is 11.8 Å². The molecule has 0 saturated heterocycles. The number of halogens is 2. The van der Waals surface area contributed by atoms with Crippen LogP contribution in [0.25, 0.3) is 0 Å². The van der Waals surface area contributed by atoms with E-state index in [-0.39, 0.29) is 23.3 Å². The Morgan fingerprint density at radius 3 is 2.70 bits per heavy atom. The van der Waals surface area contributed by atoms with Gasteiger partial charge in [-0.25, -0.2) is 0 Å². The summed E-state index contributed by atoms with van der Waals surface area (Å²) in [6, 6.07) is 3.37. The molecule has 1 heterocycles. The van der Waals surface area contributed by atoms with Crippen molar-refractivity contribution in [1.29, 1.82) is 0 Å². The quantitative estimate of drug-likeness (QED) is 0.891. The van der Waals surface area contributed by atoms with E-state index >= 15 is 0 Å². The van der Waals surface area contributed by atoms with E-state index in [4.69, 9.17) is 5.73 Å². The third-order valence-electron chi connectivity index (χ3n) is 3.23. The van der Waals surface area contributed by atoms with Gasteiger partial charge in [-0.1, -0.05) is 20.3 Å². The Balaban J connectivity index is 2.07. The van der Waals surface area contributed by atoms with Gasteiger partial charge in [0.2, 0.25) is 5.91 Å². The van der Waals surface area contributed by atoms with Crippen molar-refractivity contribution < 1.29 is 23.0 Å². The van der Waals surface area contributed by atoms with Crippen molar-refractivity contribution in [3.05, 3.63) is 18.2 Å². The lowest BCUT2D eigenvalue weighted by Gasteiger charge is -2.17. The summed E-state index contributed by atoms with van der Waals surface area (Å²) in [4.78, 5) is 11.9. The molecule has 110 valence electrons. The van der Waals surface area contributed by atoms with Crippen LogP contribution in [0.1, 0.15) is 20.3 Å². The highest BCUT2D eigenvalue weighted by atomic mass is 19.3. The second-order valence-electron chi connectivity index (χ2n) is 4.73. The van der Waals surface area contributed by atoms with E-state index in [9.17, 15) is 13.6 Å². The molecule has 0 aromatic heterocycles. The topological polar surface area (TPSA) is 73.6 Å². The minimum absolute atomic E-state index is 0.0216. The van der Waals surface area contributed by atoms with Crippen LogP contribution in [0.3, 0.4) is 0 Å². The Morgan fingerprint density at radius 1 is 1.40 bits per heavy atom. The third-order valence-corrected chi connectivity index (χ3v) is 3.23. The summed E-state index contributed by atoms with van der Waals surface area (Å²) >= 11 is 0. The highest BCUT2D eigenvalue weighted by Gasteiger charge is 2.43. The van der Waals surface area contributed by atoms with Crippen LogP contribution < -0.4 is 20.5 Å². The Morgan fingerprint density at radius 2 is 2.05 bits per heavy atom. The van der Waals surface area contributed by atoms with Crippen LogP contribution in [-0.2, 0) is 4.79 Å². The zero-order valence-electron chi connectivity index (χ0n) is 11.2. The second-order valence-corrected chi connectivity index (χ2v) is 4.73. The molecule has 3 N–H and O–H groups in total. The fraction of sp³-hybridized carbons (Fsp3) is 0.462.